The molecule has 0 aromatic rings. The number of hydroxylamine groups is 1. The first kappa shape index (κ1) is 25.1. The first-order valence-electron chi connectivity index (χ1n) is 10.8. The van der Waals surface area contributed by atoms with E-state index in [1.54, 1.807) is 11.6 Å². The van der Waals surface area contributed by atoms with Gasteiger partial charge in [-0.05, 0) is 50.4 Å². The minimum atomic E-state index is -0.761. The van der Waals surface area contributed by atoms with E-state index in [1.807, 2.05) is 27.7 Å². The summed E-state index contributed by atoms with van der Waals surface area (Å²) in [6, 6.07) is -0.760. The Morgan fingerprint density at radius 3 is 2.24 bits per heavy atom. The average Bonchev–Trinajstić information content (AvgIpc) is 3.19. The summed E-state index contributed by atoms with van der Waals surface area (Å²) in [5.74, 6) is -2.81. The normalized spacial score (nSPS) is 18.6. The Labute approximate surface area is 174 Å². The maximum absolute atomic E-state index is 13.2. The van der Waals surface area contributed by atoms with Gasteiger partial charge in [-0.25, -0.2) is 10.3 Å². The second-order valence-corrected chi connectivity index (χ2v) is 8.56. The summed E-state index contributed by atoms with van der Waals surface area (Å²) >= 11 is 0. The van der Waals surface area contributed by atoms with Gasteiger partial charge >= 0.3 is 5.97 Å². The highest BCUT2D eigenvalue weighted by molar-refractivity contribution is 5.90. The Bertz CT molecular complexity index is 557. The van der Waals surface area contributed by atoms with Gasteiger partial charge in [0.05, 0.1) is 11.8 Å². The molecule has 1 aliphatic carbocycles. The van der Waals surface area contributed by atoms with Crippen LogP contribution in [0.4, 0.5) is 0 Å². The number of rotatable bonds is 12. The summed E-state index contributed by atoms with van der Waals surface area (Å²) in [7, 11) is 0. The molecule has 0 saturated heterocycles. The number of hydrogen-bond donors (Lipinski definition) is 3. The predicted molar refractivity (Wildman–Crippen MR) is 111 cm³/mol. The molecule has 7 heteroatoms. The monoisotopic (exact) mass is 410 g/mol. The van der Waals surface area contributed by atoms with Crippen LogP contribution in [-0.4, -0.2) is 35.1 Å². The van der Waals surface area contributed by atoms with Crippen LogP contribution in [0.25, 0.3) is 0 Å². The highest BCUT2D eigenvalue weighted by Gasteiger charge is 2.37. The second-order valence-electron chi connectivity index (χ2n) is 8.56. The number of nitrogens with one attached hydrogen (secondary N) is 2. The third-order valence-corrected chi connectivity index (χ3v) is 5.77. The summed E-state index contributed by atoms with van der Waals surface area (Å²) in [6.07, 6.45) is 6.70. The van der Waals surface area contributed by atoms with E-state index in [1.165, 1.54) is 0 Å². The van der Waals surface area contributed by atoms with Gasteiger partial charge in [-0.15, -0.1) is 6.58 Å². The molecule has 1 unspecified atom stereocenters. The highest BCUT2D eigenvalue weighted by atomic mass is 16.5. The van der Waals surface area contributed by atoms with E-state index in [2.05, 4.69) is 11.9 Å². The van der Waals surface area contributed by atoms with Crippen LogP contribution in [0.3, 0.4) is 0 Å². The van der Waals surface area contributed by atoms with Gasteiger partial charge in [-0.2, -0.15) is 0 Å². The van der Waals surface area contributed by atoms with E-state index < -0.39 is 29.8 Å². The largest absolute Gasteiger partial charge is 0.461 e. The first-order chi connectivity index (χ1) is 13.7. The SMILES string of the molecule is C=CC[C@H](C(=O)NO)[C@@H](CC(C)C)C(=O)N[C@H](C(=O)OC1CCCC1)C(C)CC. The van der Waals surface area contributed by atoms with Crippen molar-refractivity contribution >= 4 is 17.8 Å². The van der Waals surface area contributed by atoms with Gasteiger partial charge in [0.15, 0.2) is 0 Å². The Kier molecular flexibility index (Phi) is 10.9. The Morgan fingerprint density at radius 2 is 1.76 bits per heavy atom. The molecule has 0 aromatic heterocycles. The Hall–Kier alpha value is -1.89. The van der Waals surface area contributed by atoms with Crippen molar-refractivity contribution in [3.8, 4) is 0 Å². The summed E-state index contributed by atoms with van der Waals surface area (Å²) in [5.41, 5.74) is 1.66. The summed E-state index contributed by atoms with van der Waals surface area (Å²) in [6.45, 7) is 11.4. The third kappa shape index (κ3) is 7.80. The van der Waals surface area contributed by atoms with E-state index >= 15 is 0 Å². The smallest absolute Gasteiger partial charge is 0.329 e. The van der Waals surface area contributed by atoms with Gasteiger partial charge in [0.25, 0.3) is 0 Å². The van der Waals surface area contributed by atoms with Gasteiger partial charge < -0.3 is 10.1 Å². The molecule has 7 nitrogen and oxygen atoms in total. The minimum Gasteiger partial charge on any atom is -0.461 e. The molecule has 0 radical (unpaired) electrons. The van der Waals surface area contributed by atoms with Crippen LogP contribution in [0.15, 0.2) is 12.7 Å². The fourth-order valence-electron chi connectivity index (χ4n) is 3.85. The van der Waals surface area contributed by atoms with Gasteiger partial charge in [-0.1, -0.05) is 40.2 Å². The van der Waals surface area contributed by atoms with Gasteiger partial charge in [0, 0.05) is 0 Å². The van der Waals surface area contributed by atoms with Crippen molar-refractivity contribution in [3.05, 3.63) is 12.7 Å². The van der Waals surface area contributed by atoms with Crippen LogP contribution in [-0.2, 0) is 19.1 Å². The summed E-state index contributed by atoms with van der Waals surface area (Å²) in [4.78, 5) is 38.2. The van der Waals surface area contributed by atoms with Crippen molar-refractivity contribution in [2.24, 2.45) is 23.7 Å². The minimum absolute atomic E-state index is 0.0777. The van der Waals surface area contributed by atoms with Crippen LogP contribution < -0.4 is 10.8 Å². The zero-order valence-electron chi connectivity index (χ0n) is 18.3. The van der Waals surface area contributed by atoms with E-state index in [0.29, 0.717) is 12.8 Å². The first-order valence-corrected chi connectivity index (χ1v) is 10.8. The molecule has 1 fully saturated rings. The van der Waals surface area contributed by atoms with Crippen LogP contribution in [0.2, 0.25) is 0 Å². The third-order valence-electron chi connectivity index (χ3n) is 5.77. The molecule has 0 spiro atoms. The summed E-state index contributed by atoms with van der Waals surface area (Å²) < 4.78 is 5.65. The van der Waals surface area contributed by atoms with Crippen molar-refractivity contribution < 1.29 is 24.3 Å². The molecule has 2 amide bonds. The highest BCUT2D eigenvalue weighted by Crippen LogP contribution is 2.26. The van der Waals surface area contributed by atoms with Crippen LogP contribution in [0.1, 0.15) is 72.6 Å². The molecule has 3 N–H and O–H groups in total. The lowest BCUT2D eigenvalue weighted by Crippen LogP contribution is -2.51. The fourth-order valence-corrected chi connectivity index (χ4v) is 3.85. The molecule has 29 heavy (non-hydrogen) atoms. The number of esters is 1. The summed E-state index contributed by atoms with van der Waals surface area (Å²) in [5, 5.41) is 12.0. The van der Waals surface area contributed by atoms with Crippen LogP contribution >= 0.6 is 0 Å². The quantitative estimate of drug-likeness (QED) is 0.198. The van der Waals surface area contributed by atoms with Crippen molar-refractivity contribution in [3.63, 3.8) is 0 Å². The fraction of sp³-hybridized carbons (Fsp3) is 0.773. The lowest BCUT2D eigenvalue weighted by atomic mass is 9.81. The lowest BCUT2D eigenvalue weighted by molar-refractivity contribution is -0.155. The zero-order valence-corrected chi connectivity index (χ0v) is 18.3. The predicted octanol–water partition coefficient (Wildman–Crippen LogP) is 3.36. The van der Waals surface area contributed by atoms with Crippen LogP contribution in [0.5, 0.6) is 0 Å². The molecule has 0 heterocycles. The van der Waals surface area contributed by atoms with E-state index in [4.69, 9.17) is 9.94 Å². The molecule has 4 atom stereocenters. The number of ether oxygens (including phenoxy) is 1. The Morgan fingerprint density at radius 1 is 1.14 bits per heavy atom. The molecular weight excluding hydrogens is 372 g/mol. The topological polar surface area (TPSA) is 105 Å². The zero-order chi connectivity index (χ0) is 22.0. The van der Waals surface area contributed by atoms with Crippen molar-refractivity contribution in [2.45, 2.75) is 84.8 Å². The molecule has 1 saturated carbocycles. The molecule has 0 aliphatic heterocycles. The lowest BCUT2D eigenvalue weighted by Gasteiger charge is -2.29. The van der Waals surface area contributed by atoms with E-state index in [0.717, 1.165) is 25.7 Å². The number of hydrogen-bond acceptors (Lipinski definition) is 5. The molecule has 166 valence electrons. The maximum atomic E-state index is 13.2. The van der Waals surface area contributed by atoms with Crippen molar-refractivity contribution in [1.82, 2.24) is 10.8 Å². The molecule has 0 aromatic carbocycles. The van der Waals surface area contributed by atoms with Crippen molar-refractivity contribution in [2.75, 3.05) is 0 Å². The number of carbonyl (C=O) groups excluding carboxylic acids is 3. The molecular formula is C22H38N2O5. The molecule has 0 bridgehead atoms. The molecule has 1 rings (SSSR count). The molecule has 1 aliphatic rings. The van der Waals surface area contributed by atoms with Gasteiger partial charge in [0.2, 0.25) is 11.8 Å². The second kappa shape index (κ2) is 12.6. The maximum Gasteiger partial charge on any atom is 0.329 e. The van der Waals surface area contributed by atoms with Gasteiger partial charge in [-0.3, -0.25) is 14.8 Å². The number of amides is 2. The number of carbonyl (C=O) groups is 3. The van der Waals surface area contributed by atoms with Crippen LogP contribution in [0, 0.1) is 23.7 Å². The van der Waals surface area contributed by atoms with E-state index in [-0.39, 0.29) is 30.3 Å². The standard InChI is InChI=1S/C22H38N2O5/c1-6-10-17(21(26)24-28)18(13-14(3)4)20(25)23-19(15(5)7-2)22(27)29-16-11-8-9-12-16/h6,14-19,28H,1,7-13H2,2-5H3,(H,23,25)(H,24,26)/t15?,17-,18+,19-/m0/s1. The van der Waals surface area contributed by atoms with Crippen molar-refractivity contribution in [1.29, 1.82) is 0 Å². The van der Waals surface area contributed by atoms with Gasteiger partial charge in [0.1, 0.15) is 12.1 Å². The average molecular weight is 411 g/mol. The van der Waals surface area contributed by atoms with E-state index in [9.17, 15) is 14.4 Å². The number of allylic oxidation sites excluding steroid dienone is 1. The Balaban J connectivity index is 3.01.